The fourth-order valence-electron chi connectivity index (χ4n) is 1.47. The van der Waals surface area contributed by atoms with Gasteiger partial charge in [0.15, 0.2) is 0 Å². The van der Waals surface area contributed by atoms with E-state index in [1.165, 1.54) is 0 Å². The van der Waals surface area contributed by atoms with Crippen molar-refractivity contribution in [3.05, 3.63) is 18.7 Å². The van der Waals surface area contributed by atoms with Crippen LogP contribution in [0.25, 0.3) is 0 Å². The largest absolute Gasteiger partial charge is 0.409 e. The molecule has 0 aromatic carbocycles. The van der Waals surface area contributed by atoms with Gasteiger partial charge in [-0.1, -0.05) is 12.1 Å². The molecule has 1 unspecified atom stereocenters. The summed E-state index contributed by atoms with van der Waals surface area (Å²) in [6.07, 6.45) is 6.98. The van der Waals surface area contributed by atoms with E-state index in [9.17, 15) is 0 Å². The molecule has 0 fully saturated rings. The van der Waals surface area contributed by atoms with Crippen molar-refractivity contribution >= 4 is 5.84 Å². The molecule has 1 heterocycles. The van der Waals surface area contributed by atoms with Crippen molar-refractivity contribution in [2.75, 3.05) is 6.54 Å². The average Bonchev–Trinajstić information content (AvgIpc) is 2.80. The molecule has 0 radical (unpaired) electrons. The van der Waals surface area contributed by atoms with E-state index in [4.69, 9.17) is 10.9 Å². The fraction of sp³-hybridized carbons (Fsp3) is 0.600. The molecule has 0 saturated heterocycles. The second kappa shape index (κ2) is 6.84. The van der Waals surface area contributed by atoms with E-state index < -0.39 is 0 Å². The Kier molecular flexibility index (Phi) is 5.35. The molecule has 6 heteroatoms. The molecule has 1 aromatic heterocycles. The summed E-state index contributed by atoms with van der Waals surface area (Å²) in [4.78, 5) is 3.96. The average molecular weight is 225 g/mol. The first kappa shape index (κ1) is 12.5. The summed E-state index contributed by atoms with van der Waals surface area (Å²) >= 11 is 0. The lowest BCUT2D eigenvalue weighted by molar-refractivity contribution is 0.315. The van der Waals surface area contributed by atoms with Gasteiger partial charge in [-0.25, -0.2) is 4.98 Å². The molecule has 16 heavy (non-hydrogen) atoms. The van der Waals surface area contributed by atoms with Crippen molar-refractivity contribution in [1.29, 1.82) is 0 Å². The first-order valence-corrected chi connectivity index (χ1v) is 5.41. The highest BCUT2D eigenvalue weighted by atomic mass is 16.4. The molecule has 1 aromatic rings. The van der Waals surface area contributed by atoms with Crippen LogP contribution in [0.15, 0.2) is 23.9 Å². The third-order valence-corrected chi connectivity index (χ3v) is 2.44. The number of imidazole rings is 1. The molecule has 0 aliphatic heterocycles. The van der Waals surface area contributed by atoms with Crippen molar-refractivity contribution in [1.82, 2.24) is 14.9 Å². The van der Waals surface area contributed by atoms with Gasteiger partial charge in [0.1, 0.15) is 5.84 Å². The zero-order chi connectivity index (χ0) is 11.8. The minimum Gasteiger partial charge on any atom is -0.409 e. The number of nitrogens with one attached hydrogen (secondary N) is 1. The predicted molar refractivity (Wildman–Crippen MR) is 62.3 cm³/mol. The minimum atomic E-state index is 0.249. The zero-order valence-corrected chi connectivity index (χ0v) is 9.50. The van der Waals surface area contributed by atoms with Gasteiger partial charge in [0.05, 0.1) is 6.33 Å². The van der Waals surface area contributed by atoms with Gasteiger partial charge in [0, 0.05) is 37.9 Å². The molecule has 0 aliphatic rings. The zero-order valence-electron chi connectivity index (χ0n) is 9.50. The molecular formula is C10H19N5O. The number of hydrogen-bond acceptors (Lipinski definition) is 4. The summed E-state index contributed by atoms with van der Waals surface area (Å²) in [5.74, 6) is 0.266. The van der Waals surface area contributed by atoms with E-state index in [1.54, 1.807) is 12.5 Å². The molecule has 90 valence electrons. The molecule has 1 rings (SSSR count). The normalized spacial score (nSPS) is 13.9. The summed E-state index contributed by atoms with van der Waals surface area (Å²) in [6.45, 7) is 3.78. The number of amidine groups is 1. The van der Waals surface area contributed by atoms with Crippen LogP contribution in [-0.2, 0) is 6.54 Å². The quantitative estimate of drug-likeness (QED) is 0.271. The van der Waals surface area contributed by atoms with E-state index in [2.05, 4.69) is 22.4 Å². The SMILES string of the molecule is CCC(CC(N)=NO)NCCn1ccnc1. The van der Waals surface area contributed by atoms with Crippen molar-refractivity contribution in [2.45, 2.75) is 32.4 Å². The maximum absolute atomic E-state index is 8.48. The van der Waals surface area contributed by atoms with Crippen molar-refractivity contribution in [3.8, 4) is 0 Å². The van der Waals surface area contributed by atoms with Crippen molar-refractivity contribution in [3.63, 3.8) is 0 Å². The van der Waals surface area contributed by atoms with Gasteiger partial charge in [-0.2, -0.15) is 0 Å². The Morgan fingerprint density at radius 2 is 2.50 bits per heavy atom. The van der Waals surface area contributed by atoms with Crippen LogP contribution in [0.4, 0.5) is 0 Å². The third kappa shape index (κ3) is 4.31. The van der Waals surface area contributed by atoms with Gasteiger partial charge in [-0.15, -0.1) is 0 Å². The molecule has 4 N–H and O–H groups in total. The number of nitrogens with zero attached hydrogens (tertiary/aromatic N) is 3. The topological polar surface area (TPSA) is 88.5 Å². The molecule has 0 spiro atoms. The van der Waals surface area contributed by atoms with Gasteiger partial charge in [0.2, 0.25) is 0 Å². The van der Waals surface area contributed by atoms with E-state index in [-0.39, 0.29) is 11.9 Å². The second-order valence-corrected chi connectivity index (χ2v) is 3.66. The van der Waals surface area contributed by atoms with Crippen molar-refractivity contribution < 1.29 is 5.21 Å². The standard InChI is InChI=1S/C10H19N5O/c1-2-9(7-10(11)14-16)13-4-6-15-5-3-12-8-15/h3,5,8-9,13,16H,2,4,6-7H2,1H3,(H2,11,14). The highest BCUT2D eigenvalue weighted by Gasteiger charge is 2.07. The van der Waals surface area contributed by atoms with E-state index in [1.807, 2.05) is 10.8 Å². The van der Waals surface area contributed by atoms with Crippen LogP contribution >= 0.6 is 0 Å². The van der Waals surface area contributed by atoms with Crippen LogP contribution < -0.4 is 11.1 Å². The summed E-state index contributed by atoms with van der Waals surface area (Å²) in [6, 6.07) is 0.249. The lowest BCUT2D eigenvalue weighted by atomic mass is 10.1. The highest BCUT2D eigenvalue weighted by Crippen LogP contribution is 1.97. The number of hydrogen-bond donors (Lipinski definition) is 3. The Bertz CT molecular complexity index is 309. The van der Waals surface area contributed by atoms with Gasteiger partial charge in [-0.05, 0) is 6.42 Å². The molecule has 0 saturated carbocycles. The van der Waals surface area contributed by atoms with Crippen LogP contribution in [0, 0.1) is 0 Å². The van der Waals surface area contributed by atoms with Crippen LogP contribution in [0.5, 0.6) is 0 Å². The van der Waals surface area contributed by atoms with Crippen LogP contribution in [0.2, 0.25) is 0 Å². The number of aromatic nitrogens is 2. The first-order chi connectivity index (χ1) is 7.76. The molecule has 0 amide bonds. The third-order valence-electron chi connectivity index (χ3n) is 2.44. The summed E-state index contributed by atoms with van der Waals surface area (Å²) in [7, 11) is 0. The summed E-state index contributed by atoms with van der Waals surface area (Å²) in [5, 5.41) is 14.8. The maximum atomic E-state index is 8.48. The van der Waals surface area contributed by atoms with Crippen LogP contribution in [0.3, 0.4) is 0 Å². The lowest BCUT2D eigenvalue weighted by Gasteiger charge is -2.16. The van der Waals surface area contributed by atoms with E-state index in [0.29, 0.717) is 6.42 Å². The molecule has 0 aliphatic carbocycles. The molecule has 1 atom stereocenters. The lowest BCUT2D eigenvalue weighted by Crippen LogP contribution is -2.35. The monoisotopic (exact) mass is 225 g/mol. The van der Waals surface area contributed by atoms with Gasteiger partial charge in [0.25, 0.3) is 0 Å². The minimum absolute atomic E-state index is 0.249. The van der Waals surface area contributed by atoms with Crippen LogP contribution in [0.1, 0.15) is 19.8 Å². The molecular weight excluding hydrogens is 206 g/mol. The maximum Gasteiger partial charge on any atom is 0.140 e. The smallest absolute Gasteiger partial charge is 0.140 e. The predicted octanol–water partition coefficient (Wildman–Crippen LogP) is 0.388. The van der Waals surface area contributed by atoms with Gasteiger partial charge >= 0.3 is 0 Å². The number of oxime groups is 1. The van der Waals surface area contributed by atoms with E-state index >= 15 is 0 Å². The summed E-state index contributed by atoms with van der Waals surface area (Å²) < 4.78 is 2.00. The first-order valence-electron chi connectivity index (χ1n) is 5.41. The van der Waals surface area contributed by atoms with Gasteiger partial charge in [-0.3, -0.25) is 0 Å². The summed E-state index contributed by atoms with van der Waals surface area (Å²) in [5.41, 5.74) is 5.46. The Labute approximate surface area is 95.2 Å². The number of nitrogens with two attached hydrogens (primary N) is 1. The number of rotatable bonds is 7. The van der Waals surface area contributed by atoms with Crippen molar-refractivity contribution in [2.24, 2.45) is 10.9 Å². The second-order valence-electron chi connectivity index (χ2n) is 3.66. The molecule has 6 nitrogen and oxygen atoms in total. The molecule has 0 bridgehead atoms. The Hall–Kier alpha value is -1.56. The van der Waals surface area contributed by atoms with E-state index in [0.717, 1.165) is 19.5 Å². The van der Waals surface area contributed by atoms with Gasteiger partial charge < -0.3 is 20.8 Å². The Balaban J connectivity index is 2.23. The van der Waals surface area contributed by atoms with Crippen LogP contribution in [-0.4, -0.2) is 33.2 Å². The Morgan fingerprint density at radius 3 is 3.06 bits per heavy atom. The Morgan fingerprint density at radius 1 is 1.69 bits per heavy atom. The highest BCUT2D eigenvalue weighted by molar-refractivity contribution is 5.80. The fourth-order valence-corrected chi connectivity index (χ4v) is 1.47.